The number of aromatic nitrogens is 1. The minimum Gasteiger partial charge on any atom is -0.478 e. The van der Waals surface area contributed by atoms with Crippen molar-refractivity contribution in [3.8, 4) is 0 Å². The third-order valence-corrected chi connectivity index (χ3v) is 4.45. The van der Waals surface area contributed by atoms with Crippen LogP contribution in [-0.4, -0.2) is 27.1 Å². The number of nitrogens with one attached hydrogen (secondary N) is 2. The zero-order valence-corrected chi connectivity index (χ0v) is 14.9. The molecule has 4 rings (SSSR count). The van der Waals surface area contributed by atoms with Crippen molar-refractivity contribution in [1.29, 1.82) is 0 Å². The van der Waals surface area contributed by atoms with E-state index in [0.29, 0.717) is 12.2 Å². The number of H-pyrrole nitrogens is 1. The second kappa shape index (κ2) is 8.07. The van der Waals surface area contributed by atoms with Crippen molar-refractivity contribution < 1.29 is 19.8 Å². The van der Waals surface area contributed by atoms with E-state index in [-0.39, 0.29) is 6.04 Å². The van der Waals surface area contributed by atoms with Gasteiger partial charge in [0.1, 0.15) is 0 Å². The van der Waals surface area contributed by atoms with E-state index >= 15 is 0 Å². The Morgan fingerprint density at radius 2 is 1.70 bits per heavy atom. The topological polar surface area (TPSA) is 102 Å². The molecule has 0 radical (unpaired) electrons. The Kier molecular flexibility index (Phi) is 5.59. The summed E-state index contributed by atoms with van der Waals surface area (Å²) in [5, 5.41) is 21.4. The standard InChI is InChI=1S/C16H13ClN2.C4H4O4/c17-12-6-4-10(5-7-12)16-13-9-18-14-3-1-2-11(8-19-16)15(13)14;5-3(6)1-2-4(7)8/h1-7,9,16,18-19H,8H2;1-2H,(H,5,6)(H,7,8)/b;2-1+. The van der Waals surface area contributed by atoms with E-state index in [0.717, 1.165) is 11.6 Å². The molecule has 6 nitrogen and oxygen atoms in total. The highest BCUT2D eigenvalue weighted by Gasteiger charge is 2.23. The number of aromatic amines is 1. The molecule has 0 aliphatic carbocycles. The van der Waals surface area contributed by atoms with Gasteiger partial charge in [0.15, 0.2) is 0 Å². The van der Waals surface area contributed by atoms with Crippen molar-refractivity contribution in [1.82, 2.24) is 10.3 Å². The lowest BCUT2D eigenvalue weighted by Crippen LogP contribution is -2.25. The number of carbonyl (C=O) groups is 2. The number of rotatable bonds is 3. The van der Waals surface area contributed by atoms with Crippen LogP contribution in [0.2, 0.25) is 5.02 Å². The van der Waals surface area contributed by atoms with Crippen molar-refractivity contribution in [3.05, 3.63) is 82.5 Å². The fraction of sp³-hybridized carbons (Fsp3) is 0.100. The fourth-order valence-corrected chi connectivity index (χ4v) is 3.21. The largest absolute Gasteiger partial charge is 0.478 e. The van der Waals surface area contributed by atoms with Crippen molar-refractivity contribution in [2.24, 2.45) is 0 Å². The summed E-state index contributed by atoms with van der Waals surface area (Å²) in [4.78, 5) is 22.5. The van der Waals surface area contributed by atoms with E-state index in [1.54, 1.807) is 0 Å². The quantitative estimate of drug-likeness (QED) is 0.515. The molecular formula is C20H17ClN2O4. The number of aliphatic carboxylic acids is 2. The third kappa shape index (κ3) is 4.36. The van der Waals surface area contributed by atoms with Crippen LogP contribution >= 0.6 is 11.6 Å². The SMILES string of the molecule is Clc1ccc(C2NCc3cccc4[nH]cc2c34)cc1.O=C(O)/C=C/C(=O)O. The Balaban J connectivity index is 0.000000226. The van der Waals surface area contributed by atoms with Gasteiger partial charge in [0, 0.05) is 40.8 Å². The first kappa shape index (κ1) is 18.7. The smallest absolute Gasteiger partial charge is 0.328 e. The Morgan fingerprint density at radius 3 is 2.33 bits per heavy atom. The summed E-state index contributed by atoms with van der Waals surface area (Å²) in [6.07, 6.45) is 3.23. The maximum Gasteiger partial charge on any atom is 0.328 e. The van der Waals surface area contributed by atoms with Gasteiger partial charge in [-0.25, -0.2) is 9.59 Å². The first-order valence-corrected chi connectivity index (χ1v) is 8.55. The van der Waals surface area contributed by atoms with Crippen LogP contribution in [0.25, 0.3) is 10.9 Å². The van der Waals surface area contributed by atoms with Crippen molar-refractivity contribution in [2.75, 3.05) is 0 Å². The summed E-state index contributed by atoms with van der Waals surface area (Å²) < 4.78 is 0. The van der Waals surface area contributed by atoms with Crippen LogP contribution in [0, 0.1) is 0 Å². The van der Waals surface area contributed by atoms with Gasteiger partial charge in [0.25, 0.3) is 0 Å². The summed E-state index contributed by atoms with van der Waals surface area (Å²) in [7, 11) is 0. The number of benzene rings is 2. The highest BCUT2D eigenvalue weighted by Crippen LogP contribution is 2.35. The maximum atomic E-state index is 9.55. The molecule has 1 aliphatic heterocycles. The first-order chi connectivity index (χ1) is 13.0. The molecule has 27 heavy (non-hydrogen) atoms. The fourth-order valence-electron chi connectivity index (χ4n) is 3.08. The molecule has 7 heteroatoms. The van der Waals surface area contributed by atoms with Crippen molar-refractivity contribution in [2.45, 2.75) is 12.6 Å². The number of halogens is 1. The monoisotopic (exact) mass is 384 g/mol. The van der Waals surface area contributed by atoms with Crippen LogP contribution in [0.1, 0.15) is 22.7 Å². The summed E-state index contributed by atoms with van der Waals surface area (Å²) in [6, 6.07) is 14.7. The average Bonchev–Trinajstić information content (AvgIpc) is 3.08. The lowest BCUT2D eigenvalue weighted by atomic mass is 9.92. The molecule has 0 fully saturated rings. The van der Waals surface area contributed by atoms with Crippen molar-refractivity contribution in [3.63, 3.8) is 0 Å². The molecular weight excluding hydrogens is 368 g/mol. The lowest BCUT2D eigenvalue weighted by Gasteiger charge is -2.24. The van der Waals surface area contributed by atoms with E-state index in [2.05, 4.69) is 46.8 Å². The van der Waals surface area contributed by atoms with Crippen LogP contribution in [0.5, 0.6) is 0 Å². The molecule has 0 amide bonds. The number of carboxylic acids is 2. The Labute approximate surface area is 160 Å². The zero-order valence-electron chi connectivity index (χ0n) is 14.1. The predicted octanol–water partition coefficient (Wildman–Crippen LogP) is 3.73. The Morgan fingerprint density at radius 1 is 1.04 bits per heavy atom. The van der Waals surface area contributed by atoms with Crippen LogP contribution in [0.4, 0.5) is 0 Å². The van der Waals surface area contributed by atoms with Crippen LogP contribution < -0.4 is 5.32 Å². The summed E-state index contributed by atoms with van der Waals surface area (Å²) in [5.74, 6) is -2.51. The average molecular weight is 385 g/mol. The van der Waals surface area contributed by atoms with Crippen molar-refractivity contribution >= 4 is 34.4 Å². The second-order valence-electron chi connectivity index (χ2n) is 5.96. The Hall–Kier alpha value is -3.09. The Bertz CT molecular complexity index is 992. The number of carboxylic acid groups (broad SMARTS) is 2. The molecule has 2 heterocycles. The molecule has 3 aromatic rings. The predicted molar refractivity (Wildman–Crippen MR) is 103 cm³/mol. The summed E-state index contributed by atoms with van der Waals surface area (Å²) >= 11 is 5.96. The second-order valence-corrected chi connectivity index (χ2v) is 6.40. The molecule has 0 spiro atoms. The van der Waals surface area contributed by atoms with Gasteiger partial charge in [-0.2, -0.15) is 0 Å². The summed E-state index contributed by atoms with van der Waals surface area (Å²) in [5.41, 5.74) is 5.14. The lowest BCUT2D eigenvalue weighted by molar-refractivity contribution is -0.134. The van der Waals surface area contributed by atoms with Gasteiger partial charge >= 0.3 is 11.9 Å². The third-order valence-electron chi connectivity index (χ3n) is 4.20. The molecule has 1 unspecified atom stereocenters. The molecule has 1 aliphatic rings. The first-order valence-electron chi connectivity index (χ1n) is 8.17. The van der Waals surface area contributed by atoms with E-state index in [4.69, 9.17) is 21.8 Å². The minimum atomic E-state index is -1.26. The van der Waals surface area contributed by atoms with Crippen LogP contribution in [0.15, 0.2) is 60.8 Å². The highest BCUT2D eigenvalue weighted by atomic mass is 35.5. The molecule has 138 valence electrons. The molecule has 1 atom stereocenters. The molecule has 1 aromatic heterocycles. The molecule has 0 bridgehead atoms. The van der Waals surface area contributed by atoms with Gasteiger partial charge in [-0.1, -0.05) is 35.9 Å². The maximum absolute atomic E-state index is 9.55. The zero-order chi connectivity index (χ0) is 19.4. The van der Waals surface area contributed by atoms with Gasteiger partial charge < -0.3 is 20.5 Å². The highest BCUT2D eigenvalue weighted by molar-refractivity contribution is 6.30. The van der Waals surface area contributed by atoms with E-state index in [1.165, 1.54) is 27.6 Å². The van der Waals surface area contributed by atoms with Crippen LogP contribution in [-0.2, 0) is 16.1 Å². The number of hydrogen-bond acceptors (Lipinski definition) is 3. The van der Waals surface area contributed by atoms with Gasteiger partial charge in [-0.05, 0) is 34.9 Å². The van der Waals surface area contributed by atoms with Gasteiger partial charge in [-0.15, -0.1) is 0 Å². The van der Waals surface area contributed by atoms with Crippen LogP contribution in [0.3, 0.4) is 0 Å². The van der Waals surface area contributed by atoms with E-state index in [1.807, 2.05) is 12.1 Å². The summed E-state index contributed by atoms with van der Waals surface area (Å²) in [6.45, 7) is 0.898. The van der Waals surface area contributed by atoms with E-state index < -0.39 is 11.9 Å². The molecule has 2 aromatic carbocycles. The molecule has 0 saturated carbocycles. The minimum absolute atomic E-state index is 0.237. The molecule has 4 N–H and O–H groups in total. The van der Waals surface area contributed by atoms with E-state index in [9.17, 15) is 9.59 Å². The molecule has 0 saturated heterocycles. The van der Waals surface area contributed by atoms with Gasteiger partial charge in [-0.3, -0.25) is 0 Å². The van der Waals surface area contributed by atoms with Gasteiger partial charge in [0.05, 0.1) is 6.04 Å². The number of hydrogen-bond donors (Lipinski definition) is 4. The van der Waals surface area contributed by atoms with Gasteiger partial charge in [0.2, 0.25) is 0 Å². The normalized spacial score (nSPS) is 15.4.